The molecule has 1 aliphatic rings. The molecule has 0 radical (unpaired) electrons. The molecule has 0 bridgehead atoms. The molecular weight excluding hydrogens is 408 g/mol. The minimum atomic E-state index is -0.871. The predicted octanol–water partition coefficient (Wildman–Crippen LogP) is 3.83. The summed E-state index contributed by atoms with van der Waals surface area (Å²) in [6.07, 6.45) is 0. The Balaban J connectivity index is 1.86. The average molecular weight is 432 g/mol. The van der Waals surface area contributed by atoms with Gasteiger partial charge < -0.3 is 14.2 Å². The maximum Gasteiger partial charge on any atom is 0.255 e. The zero-order valence-electron chi connectivity index (χ0n) is 18.1. The van der Waals surface area contributed by atoms with Gasteiger partial charge in [0.1, 0.15) is 29.8 Å². The van der Waals surface area contributed by atoms with E-state index in [4.69, 9.17) is 14.2 Å². The summed E-state index contributed by atoms with van der Waals surface area (Å²) in [6, 6.07) is 20.7. The Hall–Kier alpha value is -4.00. The minimum Gasteiger partial charge on any atom is -0.497 e. The van der Waals surface area contributed by atoms with Gasteiger partial charge in [0, 0.05) is 6.07 Å². The standard InChI is InChI=1S/C25H24N2O5/c1-30-18-13-14-22(32-3)20(15-18)26-16-23(28)27(19-11-7-8-12-21(19)31-2)24(25(26)29)17-9-5-4-6-10-17/h4-15,24H,16H2,1-3H3/t24-/m1/s1. The van der Waals surface area contributed by atoms with Gasteiger partial charge in [-0.25, -0.2) is 0 Å². The molecule has 1 aliphatic heterocycles. The number of carbonyl (C=O) groups is 2. The molecule has 1 fully saturated rings. The second-order valence-electron chi connectivity index (χ2n) is 7.21. The largest absolute Gasteiger partial charge is 0.497 e. The summed E-state index contributed by atoms with van der Waals surface area (Å²) in [6.45, 7) is -0.149. The van der Waals surface area contributed by atoms with Crippen LogP contribution >= 0.6 is 0 Å². The Kier molecular flexibility index (Phi) is 5.98. The molecule has 7 heteroatoms. The zero-order chi connectivity index (χ0) is 22.7. The van der Waals surface area contributed by atoms with Gasteiger partial charge in [-0.3, -0.25) is 19.4 Å². The van der Waals surface area contributed by atoms with Crippen molar-refractivity contribution in [2.75, 3.05) is 37.7 Å². The van der Waals surface area contributed by atoms with E-state index in [2.05, 4.69) is 0 Å². The van der Waals surface area contributed by atoms with Crippen LogP contribution < -0.4 is 24.0 Å². The van der Waals surface area contributed by atoms with E-state index in [9.17, 15) is 9.59 Å². The van der Waals surface area contributed by atoms with Crippen molar-refractivity contribution in [3.63, 3.8) is 0 Å². The van der Waals surface area contributed by atoms with Crippen molar-refractivity contribution in [3.05, 3.63) is 78.4 Å². The molecule has 32 heavy (non-hydrogen) atoms. The van der Waals surface area contributed by atoms with Gasteiger partial charge in [-0.1, -0.05) is 42.5 Å². The van der Waals surface area contributed by atoms with E-state index in [1.807, 2.05) is 42.5 Å². The van der Waals surface area contributed by atoms with Crippen molar-refractivity contribution in [3.8, 4) is 17.2 Å². The molecule has 7 nitrogen and oxygen atoms in total. The van der Waals surface area contributed by atoms with Gasteiger partial charge in [0.05, 0.1) is 32.7 Å². The molecule has 1 atom stereocenters. The van der Waals surface area contributed by atoms with Crippen LogP contribution in [0, 0.1) is 0 Å². The number of amides is 2. The maximum atomic E-state index is 13.9. The fraction of sp³-hybridized carbons (Fsp3) is 0.200. The van der Waals surface area contributed by atoms with E-state index in [1.54, 1.807) is 44.6 Å². The van der Waals surface area contributed by atoms with Crippen molar-refractivity contribution in [1.29, 1.82) is 0 Å². The van der Waals surface area contributed by atoms with Gasteiger partial charge in [-0.15, -0.1) is 0 Å². The maximum absolute atomic E-state index is 13.9. The van der Waals surface area contributed by atoms with Crippen molar-refractivity contribution >= 4 is 23.2 Å². The molecule has 0 aromatic heterocycles. The van der Waals surface area contributed by atoms with Gasteiger partial charge in [0.2, 0.25) is 5.91 Å². The third-order valence-electron chi connectivity index (χ3n) is 5.46. The predicted molar refractivity (Wildman–Crippen MR) is 122 cm³/mol. The molecule has 0 N–H and O–H groups in total. The molecule has 3 aromatic carbocycles. The third kappa shape index (κ3) is 3.73. The number of rotatable bonds is 6. The number of ether oxygens (including phenoxy) is 3. The fourth-order valence-electron chi connectivity index (χ4n) is 3.93. The lowest BCUT2D eigenvalue weighted by molar-refractivity contribution is -0.128. The van der Waals surface area contributed by atoms with Gasteiger partial charge in [-0.05, 0) is 29.8 Å². The van der Waals surface area contributed by atoms with Crippen molar-refractivity contribution < 1.29 is 23.8 Å². The number of methoxy groups -OCH3 is 3. The highest BCUT2D eigenvalue weighted by molar-refractivity contribution is 6.15. The van der Waals surface area contributed by atoms with E-state index in [0.29, 0.717) is 34.2 Å². The number of hydrogen-bond acceptors (Lipinski definition) is 5. The number of para-hydroxylation sites is 2. The molecule has 3 aromatic rings. The van der Waals surface area contributed by atoms with Crippen LogP contribution in [0.1, 0.15) is 11.6 Å². The number of nitrogens with zero attached hydrogens (tertiary/aromatic N) is 2. The molecule has 1 saturated heterocycles. The van der Waals surface area contributed by atoms with Crippen LogP contribution in [0.4, 0.5) is 11.4 Å². The molecule has 0 aliphatic carbocycles. The lowest BCUT2D eigenvalue weighted by Crippen LogP contribution is -2.56. The lowest BCUT2D eigenvalue weighted by Gasteiger charge is -2.41. The second-order valence-corrected chi connectivity index (χ2v) is 7.21. The highest BCUT2D eigenvalue weighted by Gasteiger charge is 2.43. The first-order chi connectivity index (χ1) is 15.6. The van der Waals surface area contributed by atoms with Crippen LogP contribution in [-0.2, 0) is 9.59 Å². The smallest absolute Gasteiger partial charge is 0.255 e. The first-order valence-corrected chi connectivity index (χ1v) is 10.1. The highest BCUT2D eigenvalue weighted by atomic mass is 16.5. The van der Waals surface area contributed by atoms with Gasteiger partial charge in [-0.2, -0.15) is 0 Å². The molecule has 164 valence electrons. The van der Waals surface area contributed by atoms with E-state index in [1.165, 1.54) is 16.9 Å². The molecule has 0 unspecified atom stereocenters. The van der Waals surface area contributed by atoms with Crippen LogP contribution in [0.2, 0.25) is 0 Å². The van der Waals surface area contributed by atoms with Crippen molar-refractivity contribution in [2.24, 2.45) is 0 Å². The van der Waals surface area contributed by atoms with E-state index < -0.39 is 6.04 Å². The monoisotopic (exact) mass is 432 g/mol. The number of piperazine rings is 1. The molecule has 4 rings (SSSR count). The van der Waals surface area contributed by atoms with Gasteiger partial charge in [0.25, 0.3) is 5.91 Å². The number of hydrogen-bond donors (Lipinski definition) is 0. The fourth-order valence-corrected chi connectivity index (χ4v) is 3.93. The molecule has 0 spiro atoms. The highest BCUT2D eigenvalue weighted by Crippen LogP contribution is 2.41. The Morgan fingerprint density at radius 1 is 0.750 bits per heavy atom. The van der Waals surface area contributed by atoms with Gasteiger partial charge in [0.15, 0.2) is 0 Å². The number of carbonyl (C=O) groups excluding carboxylic acids is 2. The second kappa shape index (κ2) is 9.01. The minimum absolute atomic E-state index is 0.149. The first-order valence-electron chi connectivity index (χ1n) is 10.1. The van der Waals surface area contributed by atoms with Crippen LogP contribution in [0.3, 0.4) is 0 Å². The van der Waals surface area contributed by atoms with E-state index in [0.717, 1.165) is 0 Å². The summed E-state index contributed by atoms with van der Waals surface area (Å²) in [7, 11) is 4.61. The normalized spacial score (nSPS) is 16.2. The topological polar surface area (TPSA) is 68.3 Å². The average Bonchev–Trinajstić information content (AvgIpc) is 2.85. The molecule has 2 amide bonds. The summed E-state index contributed by atoms with van der Waals surface area (Å²) < 4.78 is 16.3. The Bertz CT molecular complexity index is 1130. The van der Waals surface area contributed by atoms with E-state index in [-0.39, 0.29) is 18.4 Å². The number of anilines is 2. The van der Waals surface area contributed by atoms with Crippen LogP contribution in [0.25, 0.3) is 0 Å². The molecular formula is C25H24N2O5. The summed E-state index contributed by atoms with van der Waals surface area (Å²) in [5, 5.41) is 0. The van der Waals surface area contributed by atoms with Gasteiger partial charge >= 0.3 is 0 Å². The third-order valence-corrected chi connectivity index (χ3v) is 5.46. The Morgan fingerprint density at radius 3 is 2.09 bits per heavy atom. The van der Waals surface area contributed by atoms with Crippen LogP contribution in [-0.4, -0.2) is 39.7 Å². The summed E-state index contributed by atoms with van der Waals surface area (Å²) in [5.74, 6) is 1.05. The first kappa shape index (κ1) is 21.2. The summed E-state index contributed by atoms with van der Waals surface area (Å²) >= 11 is 0. The number of benzene rings is 3. The van der Waals surface area contributed by atoms with Crippen molar-refractivity contribution in [1.82, 2.24) is 0 Å². The van der Waals surface area contributed by atoms with Crippen molar-refractivity contribution in [2.45, 2.75) is 6.04 Å². The SMILES string of the molecule is COc1ccc(OC)c(N2CC(=O)N(c3ccccc3OC)[C@H](c3ccccc3)C2=O)c1. The Morgan fingerprint density at radius 2 is 1.41 bits per heavy atom. The van der Waals surface area contributed by atoms with Crippen LogP contribution in [0.15, 0.2) is 72.8 Å². The Labute approximate surface area is 186 Å². The summed E-state index contributed by atoms with van der Waals surface area (Å²) in [5.41, 5.74) is 1.72. The molecule has 1 heterocycles. The quantitative estimate of drug-likeness (QED) is 0.592. The molecule has 0 saturated carbocycles. The van der Waals surface area contributed by atoms with Crippen LogP contribution in [0.5, 0.6) is 17.2 Å². The summed E-state index contributed by atoms with van der Waals surface area (Å²) in [4.78, 5) is 30.4. The van der Waals surface area contributed by atoms with E-state index >= 15 is 0 Å². The lowest BCUT2D eigenvalue weighted by atomic mass is 9.99. The zero-order valence-corrected chi connectivity index (χ0v) is 18.1.